The summed E-state index contributed by atoms with van der Waals surface area (Å²) in [7, 11) is 0. The van der Waals surface area contributed by atoms with Gasteiger partial charge in [-0.25, -0.2) is 4.79 Å². The second kappa shape index (κ2) is 9.90. The number of carbonyl (C=O) groups is 5. The summed E-state index contributed by atoms with van der Waals surface area (Å²) in [6, 6.07) is 7.40. The number of ether oxygens (including phenoxy) is 2. The molecule has 1 aromatic heterocycles. The van der Waals surface area contributed by atoms with Crippen molar-refractivity contribution in [2.24, 2.45) is 5.92 Å². The maximum Gasteiger partial charge on any atom is 0.338 e. The monoisotopic (exact) mass is 468 g/mol. The molecule has 0 atom stereocenters. The normalized spacial score (nSPS) is 15.9. The van der Waals surface area contributed by atoms with Gasteiger partial charge in [-0.3, -0.25) is 24.1 Å². The van der Waals surface area contributed by atoms with Crippen LogP contribution in [0.5, 0.6) is 0 Å². The maximum atomic E-state index is 12.7. The Morgan fingerprint density at radius 1 is 1.03 bits per heavy atom. The molecule has 0 radical (unpaired) electrons. The number of benzene rings is 1. The highest BCUT2D eigenvalue weighted by molar-refractivity contribution is 6.21. The quantitative estimate of drug-likeness (QED) is 0.447. The van der Waals surface area contributed by atoms with Crippen molar-refractivity contribution < 1.29 is 37.9 Å². The van der Waals surface area contributed by atoms with Crippen LogP contribution in [0.15, 0.2) is 41.0 Å². The topological polar surface area (TPSA) is 123 Å². The summed E-state index contributed by atoms with van der Waals surface area (Å²) in [6.07, 6.45) is 2.44. The van der Waals surface area contributed by atoms with Crippen LogP contribution in [0.25, 0.3) is 0 Å². The van der Waals surface area contributed by atoms with Crippen LogP contribution in [0.1, 0.15) is 56.6 Å². The van der Waals surface area contributed by atoms with Gasteiger partial charge in [-0.1, -0.05) is 0 Å². The largest absolute Gasteiger partial charge is 0.467 e. The molecule has 0 spiro atoms. The SMILES string of the molecule is CCOC(=O)C1CCN(C(=O)COC(=O)c2ccc3c(c2)C(=O)N(Cc2ccco2)C3=O)CC1. The Bertz CT molecular complexity index is 1120. The van der Waals surface area contributed by atoms with Crippen molar-refractivity contribution in [3.05, 3.63) is 59.0 Å². The van der Waals surface area contributed by atoms with E-state index in [9.17, 15) is 24.0 Å². The molecule has 1 aromatic carbocycles. The Morgan fingerprint density at radius 2 is 1.76 bits per heavy atom. The number of amides is 3. The van der Waals surface area contributed by atoms with E-state index in [1.165, 1.54) is 24.5 Å². The van der Waals surface area contributed by atoms with E-state index in [1.807, 2.05) is 0 Å². The molecule has 1 saturated heterocycles. The van der Waals surface area contributed by atoms with E-state index in [0.29, 0.717) is 38.3 Å². The summed E-state index contributed by atoms with van der Waals surface area (Å²) in [5.41, 5.74) is 0.348. The zero-order valence-electron chi connectivity index (χ0n) is 18.7. The van der Waals surface area contributed by atoms with Gasteiger partial charge in [0.25, 0.3) is 17.7 Å². The second-order valence-electron chi connectivity index (χ2n) is 8.02. The summed E-state index contributed by atoms with van der Waals surface area (Å²) in [6.45, 7) is 2.34. The van der Waals surface area contributed by atoms with E-state index in [1.54, 1.807) is 24.0 Å². The highest BCUT2D eigenvalue weighted by atomic mass is 16.5. The molecule has 178 valence electrons. The van der Waals surface area contributed by atoms with Crippen LogP contribution in [0, 0.1) is 5.92 Å². The van der Waals surface area contributed by atoms with E-state index in [4.69, 9.17) is 13.9 Å². The van der Waals surface area contributed by atoms with Crippen molar-refractivity contribution in [3.63, 3.8) is 0 Å². The van der Waals surface area contributed by atoms with Crippen molar-refractivity contribution in [2.45, 2.75) is 26.3 Å². The summed E-state index contributed by atoms with van der Waals surface area (Å²) < 4.78 is 15.4. The summed E-state index contributed by atoms with van der Waals surface area (Å²) in [5.74, 6) is -2.18. The van der Waals surface area contributed by atoms with Gasteiger partial charge in [0.2, 0.25) is 0 Å². The molecule has 0 aliphatic carbocycles. The number of nitrogens with zero attached hydrogens (tertiary/aromatic N) is 2. The molecule has 34 heavy (non-hydrogen) atoms. The Kier molecular flexibility index (Phi) is 6.76. The van der Waals surface area contributed by atoms with Gasteiger partial charge < -0.3 is 18.8 Å². The molecule has 0 bridgehead atoms. The molecule has 10 nitrogen and oxygen atoms in total. The predicted molar refractivity (Wildman–Crippen MR) is 116 cm³/mol. The smallest absolute Gasteiger partial charge is 0.338 e. The number of likely N-dealkylation sites (tertiary alicyclic amines) is 1. The molecule has 10 heteroatoms. The van der Waals surface area contributed by atoms with Gasteiger partial charge in [-0.2, -0.15) is 0 Å². The lowest BCUT2D eigenvalue weighted by Gasteiger charge is -2.30. The van der Waals surface area contributed by atoms with Crippen LogP contribution in [0.3, 0.4) is 0 Å². The molecular formula is C24H24N2O8. The fourth-order valence-electron chi connectivity index (χ4n) is 4.05. The number of hydrogen-bond acceptors (Lipinski definition) is 8. The second-order valence-corrected chi connectivity index (χ2v) is 8.02. The Labute approximate surface area is 195 Å². The van der Waals surface area contributed by atoms with E-state index >= 15 is 0 Å². The van der Waals surface area contributed by atoms with Crippen molar-refractivity contribution >= 4 is 29.7 Å². The Hall–Kier alpha value is -3.95. The van der Waals surface area contributed by atoms with Gasteiger partial charge in [0, 0.05) is 13.1 Å². The van der Waals surface area contributed by atoms with E-state index in [2.05, 4.69) is 0 Å². The number of rotatable bonds is 7. The fourth-order valence-corrected chi connectivity index (χ4v) is 4.05. The predicted octanol–water partition coefficient (Wildman–Crippen LogP) is 2.03. The minimum Gasteiger partial charge on any atom is -0.467 e. The molecular weight excluding hydrogens is 444 g/mol. The van der Waals surface area contributed by atoms with Crippen molar-refractivity contribution in [3.8, 4) is 0 Å². The highest BCUT2D eigenvalue weighted by Crippen LogP contribution is 2.26. The molecule has 3 amide bonds. The van der Waals surface area contributed by atoms with Crippen molar-refractivity contribution in [1.82, 2.24) is 9.80 Å². The van der Waals surface area contributed by atoms with Crippen LogP contribution >= 0.6 is 0 Å². The van der Waals surface area contributed by atoms with Gasteiger partial charge in [-0.05, 0) is 50.1 Å². The molecule has 1 fully saturated rings. The number of furan rings is 1. The molecule has 3 heterocycles. The van der Waals surface area contributed by atoms with Gasteiger partial charge >= 0.3 is 11.9 Å². The van der Waals surface area contributed by atoms with Crippen LogP contribution in [0.4, 0.5) is 0 Å². The van der Waals surface area contributed by atoms with E-state index in [-0.39, 0.29) is 41.0 Å². The lowest BCUT2D eigenvalue weighted by Crippen LogP contribution is -2.42. The first-order chi connectivity index (χ1) is 16.4. The average molecular weight is 468 g/mol. The molecule has 4 rings (SSSR count). The fraction of sp³-hybridized carbons (Fsp3) is 0.375. The van der Waals surface area contributed by atoms with Gasteiger partial charge in [0.1, 0.15) is 5.76 Å². The van der Waals surface area contributed by atoms with Crippen LogP contribution in [0.2, 0.25) is 0 Å². The van der Waals surface area contributed by atoms with E-state index in [0.717, 1.165) is 4.90 Å². The third-order valence-electron chi connectivity index (χ3n) is 5.89. The maximum absolute atomic E-state index is 12.7. The molecule has 0 unspecified atom stereocenters. The third kappa shape index (κ3) is 4.70. The third-order valence-corrected chi connectivity index (χ3v) is 5.89. The standard InChI is InChI=1S/C24H24N2O8/c1-2-32-23(30)15-7-9-25(10-8-15)20(27)14-34-24(31)16-5-6-18-19(12-16)22(29)26(21(18)28)13-17-4-3-11-33-17/h3-6,11-12,15H,2,7-10,13-14H2,1H3. The van der Waals surface area contributed by atoms with E-state index < -0.39 is 24.4 Å². The lowest BCUT2D eigenvalue weighted by molar-refractivity contribution is -0.151. The lowest BCUT2D eigenvalue weighted by atomic mass is 9.97. The average Bonchev–Trinajstić information content (AvgIpc) is 3.45. The Morgan fingerprint density at radius 3 is 2.44 bits per heavy atom. The van der Waals surface area contributed by atoms with Crippen molar-refractivity contribution in [1.29, 1.82) is 0 Å². The summed E-state index contributed by atoms with van der Waals surface area (Å²) in [4.78, 5) is 64.6. The van der Waals surface area contributed by atoms with Crippen LogP contribution < -0.4 is 0 Å². The van der Waals surface area contributed by atoms with Crippen LogP contribution in [-0.2, 0) is 25.6 Å². The first-order valence-electron chi connectivity index (χ1n) is 11.0. The number of carbonyl (C=O) groups excluding carboxylic acids is 5. The first kappa shape index (κ1) is 23.2. The molecule has 2 aliphatic heterocycles. The number of fused-ring (bicyclic) bond motifs is 1. The van der Waals surface area contributed by atoms with Gasteiger partial charge in [0.05, 0.1) is 42.0 Å². The van der Waals surface area contributed by atoms with Gasteiger partial charge in [0.15, 0.2) is 6.61 Å². The summed E-state index contributed by atoms with van der Waals surface area (Å²) >= 11 is 0. The molecule has 0 saturated carbocycles. The van der Waals surface area contributed by atoms with Crippen molar-refractivity contribution in [2.75, 3.05) is 26.3 Å². The zero-order chi connectivity index (χ0) is 24.2. The zero-order valence-corrected chi connectivity index (χ0v) is 18.7. The molecule has 2 aliphatic rings. The summed E-state index contributed by atoms with van der Waals surface area (Å²) in [5, 5.41) is 0. The minimum atomic E-state index is -0.776. The molecule has 0 N–H and O–H groups in total. The molecule has 2 aromatic rings. The number of imide groups is 1. The minimum absolute atomic E-state index is 0.0134. The number of piperidine rings is 1. The van der Waals surface area contributed by atoms with Gasteiger partial charge in [-0.15, -0.1) is 0 Å². The first-order valence-corrected chi connectivity index (χ1v) is 11.0. The highest BCUT2D eigenvalue weighted by Gasteiger charge is 2.36. The Balaban J connectivity index is 1.32. The van der Waals surface area contributed by atoms with Crippen LogP contribution in [-0.4, -0.2) is 65.8 Å². The number of esters is 2. The number of hydrogen-bond donors (Lipinski definition) is 0.